The van der Waals surface area contributed by atoms with Crippen LogP contribution in [0.4, 0.5) is 4.79 Å². The first-order valence-electron chi connectivity index (χ1n) is 10.2. The van der Waals surface area contributed by atoms with Gasteiger partial charge in [0.15, 0.2) is 5.96 Å². The number of halogens is 1. The monoisotopic (exact) mass is 528 g/mol. The van der Waals surface area contributed by atoms with Crippen molar-refractivity contribution in [3.8, 4) is 0 Å². The number of imidazole rings is 1. The number of fused-ring (bicyclic) bond motifs is 1. The van der Waals surface area contributed by atoms with Gasteiger partial charge in [0.05, 0.1) is 23.4 Å². The molecule has 1 aromatic heterocycles. The molecule has 0 saturated carbocycles. The van der Waals surface area contributed by atoms with Crippen molar-refractivity contribution in [3.05, 3.63) is 30.6 Å². The molecule has 1 aliphatic heterocycles. The molecule has 9 heteroatoms. The maximum Gasteiger partial charge on any atom is 0.407 e. The summed E-state index contributed by atoms with van der Waals surface area (Å²) in [6.07, 6.45) is 3.38. The van der Waals surface area contributed by atoms with E-state index in [-0.39, 0.29) is 36.1 Å². The number of aromatic nitrogens is 2. The van der Waals surface area contributed by atoms with Gasteiger partial charge in [-0.2, -0.15) is 0 Å². The highest BCUT2D eigenvalue weighted by Gasteiger charge is 2.27. The van der Waals surface area contributed by atoms with Crippen LogP contribution >= 0.6 is 24.0 Å². The van der Waals surface area contributed by atoms with Gasteiger partial charge >= 0.3 is 6.09 Å². The highest BCUT2D eigenvalue weighted by molar-refractivity contribution is 14.0. The van der Waals surface area contributed by atoms with Gasteiger partial charge in [-0.05, 0) is 45.7 Å². The number of para-hydroxylation sites is 2. The number of amides is 1. The summed E-state index contributed by atoms with van der Waals surface area (Å²) < 4.78 is 7.52. The third-order valence-corrected chi connectivity index (χ3v) is 4.81. The topological polar surface area (TPSA) is 83.8 Å². The second kappa shape index (κ2) is 10.8. The lowest BCUT2D eigenvalue weighted by Crippen LogP contribution is -2.44. The number of guanidine groups is 1. The van der Waals surface area contributed by atoms with Crippen LogP contribution < -0.4 is 10.6 Å². The average molecular weight is 528 g/mol. The number of hydrogen-bond acceptors (Lipinski definition) is 4. The highest BCUT2D eigenvalue weighted by Crippen LogP contribution is 2.13. The fourth-order valence-electron chi connectivity index (χ4n) is 3.52. The fourth-order valence-corrected chi connectivity index (χ4v) is 3.52. The van der Waals surface area contributed by atoms with Crippen LogP contribution in [0, 0.1) is 0 Å². The van der Waals surface area contributed by atoms with Crippen LogP contribution in [-0.2, 0) is 11.3 Å². The number of carbonyl (C=O) groups is 1. The largest absolute Gasteiger partial charge is 0.444 e. The van der Waals surface area contributed by atoms with E-state index < -0.39 is 5.60 Å². The first-order valence-corrected chi connectivity index (χ1v) is 10.2. The molecule has 30 heavy (non-hydrogen) atoms. The van der Waals surface area contributed by atoms with Crippen LogP contribution in [0.2, 0.25) is 0 Å². The van der Waals surface area contributed by atoms with Gasteiger partial charge in [0.2, 0.25) is 0 Å². The van der Waals surface area contributed by atoms with Crippen LogP contribution in [0.1, 0.15) is 33.6 Å². The van der Waals surface area contributed by atoms with Gasteiger partial charge in [-0.1, -0.05) is 12.1 Å². The Kier molecular flexibility index (Phi) is 8.75. The Morgan fingerprint density at radius 1 is 1.33 bits per heavy atom. The molecule has 1 aliphatic rings. The molecule has 1 aromatic carbocycles. The van der Waals surface area contributed by atoms with Crippen LogP contribution in [0.3, 0.4) is 0 Å². The van der Waals surface area contributed by atoms with E-state index in [1.807, 2.05) is 45.3 Å². The van der Waals surface area contributed by atoms with Gasteiger partial charge in [0.25, 0.3) is 0 Å². The molecule has 1 amide bonds. The second-order valence-corrected chi connectivity index (χ2v) is 8.33. The number of ether oxygens (including phenoxy) is 1. The number of benzene rings is 1. The van der Waals surface area contributed by atoms with E-state index in [9.17, 15) is 4.79 Å². The molecule has 2 heterocycles. The van der Waals surface area contributed by atoms with Crippen molar-refractivity contribution >= 4 is 47.1 Å². The predicted molar refractivity (Wildman–Crippen MR) is 130 cm³/mol. The van der Waals surface area contributed by atoms with Crippen molar-refractivity contribution in [2.24, 2.45) is 4.99 Å². The number of likely N-dealkylation sites (tertiary alicyclic amines) is 1. The van der Waals surface area contributed by atoms with E-state index in [0.29, 0.717) is 0 Å². The van der Waals surface area contributed by atoms with Crippen molar-refractivity contribution in [1.82, 2.24) is 25.1 Å². The third kappa shape index (κ3) is 6.75. The molecule has 166 valence electrons. The molecule has 0 spiro atoms. The Morgan fingerprint density at radius 3 is 2.83 bits per heavy atom. The molecule has 2 aromatic rings. The maximum atomic E-state index is 12.0. The lowest BCUT2D eigenvalue weighted by molar-refractivity contribution is 0.0507. The van der Waals surface area contributed by atoms with E-state index in [0.717, 1.165) is 56.0 Å². The smallest absolute Gasteiger partial charge is 0.407 e. The fraction of sp³-hybridized carbons (Fsp3) is 0.571. The van der Waals surface area contributed by atoms with Gasteiger partial charge in [0.1, 0.15) is 5.60 Å². The van der Waals surface area contributed by atoms with Gasteiger partial charge in [-0.25, -0.2) is 9.78 Å². The summed E-state index contributed by atoms with van der Waals surface area (Å²) in [4.78, 5) is 23.0. The van der Waals surface area contributed by atoms with Crippen molar-refractivity contribution < 1.29 is 9.53 Å². The van der Waals surface area contributed by atoms with Crippen molar-refractivity contribution in [2.45, 2.75) is 51.8 Å². The molecule has 0 radical (unpaired) electrons. The van der Waals surface area contributed by atoms with Crippen LogP contribution in [0.25, 0.3) is 11.0 Å². The Labute approximate surface area is 195 Å². The zero-order valence-corrected chi connectivity index (χ0v) is 20.6. The Morgan fingerprint density at radius 2 is 2.10 bits per heavy atom. The summed E-state index contributed by atoms with van der Waals surface area (Å²) in [5.74, 6) is 0.869. The first kappa shape index (κ1) is 24.2. The van der Waals surface area contributed by atoms with E-state index in [4.69, 9.17) is 4.74 Å². The molecule has 1 saturated heterocycles. The van der Waals surface area contributed by atoms with Gasteiger partial charge < -0.3 is 24.8 Å². The number of nitrogens with zero attached hydrogens (tertiary/aromatic N) is 4. The van der Waals surface area contributed by atoms with Gasteiger partial charge in [0, 0.05) is 33.2 Å². The molecule has 2 N–H and O–H groups in total. The first-order chi connectivity index (χ1) is 13.9. The van der Waals surface area contributed by atoms with Gasteiger partial charge in [-0.3, -0.25) is 4.99 Å². The second-order valence-electron chi connectivity index (χ2n) is 8.33. The minimum Gasteiger partial charge on any atom is -0.444 e. The predicted octanol–water partition coefficient (Wildman–Crippen LogP) is 3.22. The quantitative estimate of drug-likeness (QED) is 0.270. The minimum atomic E-state index is -0.486. The Balaban J connectivity index is 0.00000320. The van der Waals surface area contributed by atoms with Crippen molar-refractivity contribution in [1.29, 1.82) is 0 Å². The molecular formula is C21H33IN6O2. The number of aliphatic imine (C=N–C) groups is 1. The summed E-state index contributed by atoms with van der Waals surface area (Å²) >= 11 is 0. The van der Waals surface area contributed by atoms with Crippen molar-refractivity contribution in [3.63, 3.8) is 0 Å². The molecule has 8 nitrogen and oxygen atoms in total. The van der Waals surface area contributed by atoms with Crippen molar-refractivity contribution in [2.75, 3.05) is 26.7 Å². The molecule has 1 unspecified atom stereocenters. The number of hydrogen-bond donors (Lipinski definition) is 2. The Hall–Kier alpha value is -2.04. The molecule has 1 fully saturated rings. The number of rotatable bonds is 5. The van der Waals surface area contributed by atoms with Crippen LogP contribution in [-0.4, -0.2) is 64.8 Å². The van der Waals surface area contributed by atoms with Crippen LogP contribution in [0.15, 0.2) is 35.6 Å². The number of carbonyl (C=O) groups excluding carboxylic acids is 1. The summed E-state index contributed by atoms with van der Waals surface area (Å²) in [5, 5.41) is 6.38. The highest BCUT2D eigenvalue weighted by atomic mass is 127. The maximum absolute atomic E-state index is 12.0. The zero-order chi connectivity index (χ0) is 20.9. The number of alkyl carbamates (subject to hydrolysis) is 1. The number of nitrogens with one attached hydrogen (secondary N) is 2. The Bertz CT molecular complexity index is 861. The van der Waals surface area contributed by atoms with E-state index in [1.54, 1.807) is 7.05 Å². The molecule has 1 atom stereocenters. The normalized spacial score (nSPS) is 17.0. The van der Waals surface area contributed by atoms with Crippen LogP contribution in [0.5, 0.6) is 0 Å². The SMILES string of the molecule is CN=C(NCCCn1cnc2ccccc21)N1CCC(NC(=O)OC(C)(C)C)C1.I. The molecular weight excluding hydrogens is 495 g/mol. The summed E-state index contributed by atoms with van der Waals surface area (Å²) in [6, 6.07) is 8.24. The molecule has 0 bridgehead atoms. The summed E-state index contributed by atoms with van der Waals surface area (Å²) in [7, 11) is 1.79. The van der Waals surface area contributed by atoms with E-state index >= 15 is 0 Å². The summed E-state index contributed by atoms with van der Waals surface area (Å²) in [5.41, 5.74) is 1.70. The zero-order valence-electron chi connectivity index (χ0n) is 18.2. The lowest BCUT2D eigenvalue weighted by Gasteiger charge is -2.23. The third-order valence-electron chi connectivity index (χ3n) is 4.81. The van der Waals surface area contributed by atoms with E-state index in [2.05, 4.69) is 36.1 Å². The lowest BCUT2D eigenvalue weighted by atomic mass is 10.2. The van der Waals surface area contributed by atoms with E-state index in [1.165, 1.54) is 0 Å². The summed E-state index contributed by atoms with van der Waals surface area (Å²) in [6.45, 7) is 8.90. The van der Waals surface area contributed by atoms with Gasteiger partial charge in [-0.15, -0.1) is 24.0 Å². The standard InChI is InChI=1S/C21H32N6O2.HI/c1-21(2,3)29-20(28)25-16-10-13-26(14-16)19(22-4)23-11-7-12-27-15-24-17-8-5-6-9-18(17)27;/h5-6,8-9,15-16H,7,10-14H2,1-4H3,(H,22,23)(H,25,28);1H. The minimum absolute atomic E-state index is 0. The number of aryl methyl sites for hydroxylation is 1. The molecule has 3 rings (SSSR count). The average Bonchev–Trinajstić information content (AvgIpc) is 3.27. The molecule has 0 aliphatic carbocycles.